The number of phosphoric acid groups is 1. The molecule has 0 amide bonds. The van der Waals surface area contributed by atoms with Gasteiger partial charge >= 0.3 is 20.2 Å². The predicted octanol–water partition coefficient (Wildman–Crippen LogP) is 5.04. The Hall–Kier alpha value is -3.86. The molecule has 0 fully saturated rings. The molecule has 11 nitrogen and oxygen atoms in total. The monoisotopic (exact) mass is 610 g/mol. The van der Waals surface area contributed by atoms with Crippen LogP contribution in [0.25, 0.3) is 22.9 Å². The molecular formula is C22H18F7N6O5P. The van der Waals surface area contributed by atoms with Gasteiger partial charge in [-0.1, -0.05) is 23.4 Å². The van der Waals surface area contributed by atoms with E-state index in [0.29, 0.717) is 6.20 Å². The molecule has 0 radical (unpaired) electrons. The Bertz CT molecular complexity index is 1570. The normalized spacial score (nSPS) is 14.2. The minimum atomic E-state index is -5.73. The maximum Gasteiger partial charge on any atom is 0.470 e. The molecule has 19 heteroatoms. The van der Waals surface area contributed by atoms with Crippen molar-refractivity contribution in [3.05, 3.63) is 65.8 Å². The third kappa shape index (κ3) is 6.90. The van der Waals surface area contributed by atoms with Crippen LogP contribution in [-0.4, -0.2) is 53.0 Å². The van der Waals surface area contributed by atoms with Crippen LogP contribution < -0.4 is 5.32 Å². The van der Waals surface area contributed by atoms with E-state index in [1.165, 1.54) is 41.3 Å². The van der Waals surface area contributed by atoms with E-state index in [1.54, 1.807) is 6.07 Å². The smallest absolute Gasteiger partial charge is 0.366 e. The van der Waals surface area contributed by atoms with Crippen LogP contribution in [0.1, 0.15) is 18.1 Å². The van der Waals surface area contributed by atoms with Gasteiger partial charge in [-0.15, -0.1) is 0 Å². The molecule has 0 saturated heterocycles. The fraction of sp³-hybridized carbons (Fsp3) is 0.273. The van der Waals surface area contributed by atoms with Crippen molar-refractivity contribution in [3.8, 4) is 22.9 Å². The fourth-order valence-corrected chi connectivity index (χ4v) is 4.22. The summed E-state index contributed by atoms with van der Waals surface area (Å²) >= 11 is 0. The first kappa shape index (κ1) is 30.1. The quantitative estimate of drug-likeness (QED) is 0.174. The Balaban J connectivity index is 1.76. The molecule has 4 aromatic rings. The van der Waals surface area contributed by atoms with E-state index in [1.807, 2.05) is 5.32 Å². The molecule has 3 heterocycles. The highest BCUT2D eigenvalue weighted by Gasteiger charge is 2.56. The molecule has 3 aromatic heterocycles. The van der Waals surface area contributed by atoms with Gasteiger partial charge in [0.2, 0.25) is 0 Å². The van der Waals surface area contributed by atoms with Gasteiger partial charge < -0.3 is 19.6 Å². The number of hydrogen-bond acceptors (Lipinski definition) is 8. The van der Waals surface area contributed by atoms with Crippen molar-refractivity contribution in [2.45, 2.75) is 31.4 Å². The summed E-state index contributed by atoms with van der Waals surface area (Å²) in [5.41, 5.74) is -4.75. The minimum absolute atomic E-state index is 0.162. The maximum absolute atomic E-state index is 14.3. The van der Waals surface area contributed by atoms with Crippen LogP contribution in [0.4, 0.5) is 36.6 Å². The van der Waals surface area contributed by atoms with Gasteiger partial charge in [-0.25, -0.2) is 18.9 Å². The summed E-state index contributed by atoms with van der Waals surface area (Å²) in [4.78, 5) is 25.2. The van der Waals surface area contributed by atoms with E-state index in [-0.39, 0.29) is 36.1 Å². The van der Waals surface area contributed by atoms with Crippen molar-refractivity contribution in [1.29, 1.82) is 0 Å². The lowest BCUT2D eigenvalue weighted by Gasteiger charge is -2.32. The summed E-state index contributed by atoms with van der Waals surface area (Å²) in [6.45, 7) is -1.50. The Morgan fingerprint density at radius 1 is 1.10 bits per heavy atom. The van der Waals surface area contributed by atoms with E-state index in [0.717, 1.165) is 0 Å². The number of nitrogens with one attached hydrogen (secondary N) is 1. The molecule has 0 aliphatic heterocycles. The lowest BCUT2D eigenvalue weighted by atomic mass is 10.1. The molecule has 1 atom stereocenters. The second-order valence-electron chi connectivity index (χ2n) is 8.67. The SMILES string of the molecule is CC(CNc1nc(-c2cc(-c3ccon3)n(Cc3ccccc3F)n2)ncc1C(F)(F)F)(OP(=O)(O)O)C(F)(F)F. The average molecular weight is 610 g/mol. The molecule has 0 saturated carbocycles. The maximum atomic E-state index is 14.3. The number of phosphoric ester groups is 1. The summed E-state index contributed by atoms with van der Waals surface area (Å²) < 4.78 is 117. The van der Waals surface area contributed by atoms with Crippen LogP contribution in [-0.2, 0) is 21.8 Å². The standard InChI is InChI=1S/C22H18F7N6O5P/c1-20(22(27,28)29,40-41(36,37)38)11-31-18-13(21(24,25)26)9-30-19(32-18)16-8-17(15-6-7-39-34-15)35(33-16)10-12-4-2-3-5-14(12)23/h2-9H,10-11H2,1H3,(H,30,31,32)(H2,36,37,38). The summed E-state index contributed by atoms with van der Waals surface area (Å²) in [6, 6.07) is 8.43. The van der Waals surface area contributed by atoms with Crippen molar-refractivity contribution in [3.63, 3.8) is 0 Å². The second kappa shape index (κ2) is 10.8. The van der Waals surface area contributed by atoms with Gasteiger partial charge in [-0.05, 0) is 19.1 Å². The van der Waals surface area contributed by atoms with Gasteiger partial charge in [-0.2, -0.15) is 31.4 Å². The third-order valence-electron chi connectivity index (χ3n) is 5.59. The molecule has 0 aliphatic carbocycles. The van der Waals surface area contributed by atoms with E-state index >= 15 is 0 Å². The topological polar surface area (TPSA) is 148 Å². The lowest BCUT2D eigenvalue weighted by Crippen LogP contribution is -2.49. The molecule has 1 unspecified atom stereocenters. The van der Waals surface area contributed by atoms with E-state index < -0.39 is 55.3 Å². The first-order valence-electron chi connectivity index (χ1n) is 11.2. The number of hydrogen-bond donors (Lipinski definition) is 3. The molecule has 1 aromatic carbocycles. The zero-order valence-corrected chi connectivity index (χ0v) is 21.4. The van der Waals surface area contributed by atoms with Crippen LogP contribution in [0.15, 0.2) is 53.4 Å². The number of rotatable bonds is 9. The van der Waals surface area contributed by atoms with Crippen LogP contribution in [0.2, 0.25) is 0 Å². The molecule has 41 heavy (non-hydrogen) atoms. The molecular weight excluding hydrogens is 592 g/mol. The zero-order chi connectivity index (χ0) is 30.2. The Morgan fingerprint density at radius 2 is 1.80 bits per heavy atom. The van der Waals surface area contributed by atoms with Gasteiger partial charge in [0.05, 0.1) is 18.8 Å². The number of alkyl halides is 6. The zero-order valence-electron chi connectivity index (χ0n) is 20.5. The number of aromatic nitrogens is 5. The molecule has 0 spiro atoms. The number of nitrogens with zero attached hydrogens (tertiary/aromatic N) is 5. The van der Waals surface area contributed by atoms with Crippen molar-refractivity contribution in [2.24, 2.45) is 0 Å². The molecule has 0 bridgehead atoms. The molecule has 3 N–H and O–H groups in total. The predicted molar refractivity (Wildman–Crippen MR) is 125 cm³/mol. The summed E-state index contributed by atoms with van der Waals surface area (Å²) in [6.07, 6.45) is -9.04. The highest BCUT2D eigenvalue weighted by atomic mass is 31.2. The molecule has 4 rings (SSSR count). The second-order valence-corrected chi connectivity index (χ2v) is 9.83. The highest BCUT2D eigenvalue weighted by molar-refractivity contribution is 7.46. The van der Waals surface area contributed by atoms with Gasteiger partial charge in [0.15, 0.2) is 11.4 Å². The number of halogens is 7. The first-order chi connectivity index (χ1) is 19.0. The average Bonchev–Trinajstić information content (AvgIpc) is 3.52. The van der Waals surface area contributed by atoms with E-state index in [2.05, 4.69) is 24.7 Å². The van der Waals surface area contributed by atoms with Gasteiger partial charge in [0.1, 0.15) is 34.8 Å². The number of anilines is 1. The molecule has 220 valence electrons. The fourth-order valence-electron chi connectivity index (χ4n) is 3.53. The van der Waals surface area contributed by atoms with Crippen molar-refractivity contribution < 1.29 is 54.1 Å². The Morgan fingerprint density at radius 3 is 2.39 bits per heavy atom. The van der Waals surface area contributed by atoms with Gasteiger partial charge in [0.25, 0.3) is 0 Å². The lowest BCUT2D eigenvalue weighted by molar-refractivity contribution is -0.240. The van der Waals surface area contributed by atoms with Crippen LogP contribution in [0.5, 0.6) is 0 Å². The van der Waals surface area contributed by atoms with Crippen molar-refractivity contribution >= 4 is 13.6 Å². The van der Waals surface area contributed by atoms with Gasteiger partial charge in [0, 0.05) is 17.8 Å². The van der Waals surface area contributed by atoms with Crippen LogP contribution >= 0.6 is 7.82 Å². The summed E-state index contributed by atoms with van der Waals surface area (Å²) in [7, 11) is -5.73. The minimum Gasteiger partial charge on any atom is -0.366 e. The van der Waals surface area contributed by atoms with Crippen LogP contribution in [0, 0.1) is 5.82 Å². The van der Waals surface area contributed by atoms with E-state index in [4.69, 9.17) is 14.3 Å². The number of benzene rings is 1. The Labute approximate surface area is 225 Å². The van der Waals surface area contributed by atoms with Crippen molar-refractivity contribution in [1.82, 2.24) is 24.9 Å². The summed E-state index contributed by atoms with van der Waals surface area (Å²) in [5, 5.41) is 9.83. The molecule has 0 aliphatic rings. The van der Waals surface area contributed by atoms with Gasteiger partial charge in [-0.3, -0.25) is 9.21 Å². The Kier molecular flexibility index (Phi) is 7.97. The van der Waals surface area contributed by atoms with Crippen molar-refractivity contribution in [2.75, 3.05) is 11.9 Å². The van der Waals surface area contributed by atoms with E-state index in [9.17, 15) is 35.3 Å². The van der Waals surface area contributed by atoms with Crippen LogP contribution in [0.3, 0.4) is 0 Å². The first-order valence-corrected chi connectivity index (χ1v) is 12.7. The highest BCUT2D eigenvalue weighted by Crippen LogP contribution is 2.47. The summed E-state index contributed by atoms with van der Waals surface area (Å²) in [5.74, 6) is -2.21. The largest absolute Gasteiger partial charge is 0.470 e. The third-order valence-corrected chi connectivity index (χ3v) is 6.24.